The van der Waals surface area contributed by atoms with Crippen LogP contribution in [0.25, 0.3) is 10.1 Å². The second-order valence-corrected chi connectivity index (χ2v) is 6.08. The van der Waals surface area contributed by atoms with Crippen LogP contribution in [0.5, 0.6) is 0 Å². The van der Waals surface area contributed by atoms with Gasteiger partial charge in [-0.1, -0.05) is 22.0 Å². The first-order chi connectivity index (χ1) is 9.15. The smallest absolute Gasteiger partial charge is 0.263 e. The van der Waals surface area contributed by atoms with Crippen LogP contribution in [0.2, 0.25) is 0 Å². The minimum absolute atomic E-state index is 0.0956. The molecule has 0 radical (unpaired) electrons. The predicted octanol–water partition coefficient (Wildman–Crippen LogP) is 2.59. The molecule has 6 heteroatoms. The van der Waals surface area contributed by atoms with Gasteiger partial charge in [0, 0.05) is 21.1 Å². The van der Waals surface area contributed by atoms with Gasteiger partial charge in [-0.05, 0) is 32.1 Å². The molecule has 0 saturated carbocycles. The van der Waals surface area contributed by atoms with E-state index in [0.717, 1.165) is 27.5 Å². The van der Waals surface area contributed by atoms with E-state index in [9.17, 15) is 4.79 Å². The van der Waals surface area contributed by atoms with Gasteiger partial charge in [0.1, 0.15) is 4.88 Å². The summed E-state index contributed by atoms with van der Waals surface area (Å²) >= 11 is 4.90. The lowest BCUT2D eigenvalue weighted by Crippen LogP contribution is -2.26. The number of benzene rings is 1. The van der Waals surface area contributed by atoms with Gasteiger partial charge in [-0.15, -0.1) is 11.3 Å². The maximum atomic E-state index is 12.1. The van der Waals surface area contributed by atoms with Crippen molar-refractivity contribution in [2.24, 2.45) is 0 Å². The Labute approximate surface area is 124 Å². The first-order valence-corrected chi connectivity index (χ1v) is 7.65. The third kappa shape index (κ3) is 3.08. The van der Waals surface area contributed by atoms with Gasteiger partial charge < -0.3 is 16.4 Å². The first kappa shape index (κ1) is 14.3. The Morgan fingerprint density at radius 2 is 2.21 bits per heavy atom. The summed E-state index contributed by atoms with van der Waals surface area (Å²) in [5.41, 5.74) is 6.63. The second-order valence-electron chi connectivity index (χ2n) is 4.17. The van der Waals surface area contributed by atoms with E-state index in [1.54, 1.807) is 0 Å². The number of rotatable bonds is 5. The van der Waals surface area contributed by atoms with Crippen molar-refractivity contribution in [3.63, 3.8) is 0 Å². The molecule has 0 aliphatic heterocycles. The van der Waals surface area contributed by atoms with Crippen LogP contribution in [0, 0.1) is 0 Å². The van der Waals surface area contributed by atoms with Gasteiger partial charge in [0.15, 0.2) is 0 Å². The van der Waals surface area contributed by atoms with Crippen molar-refractivity contribution in [3.05, 3.63) is 27.5 Å². The number of hydrogen-bond acceptors (Lipinski definition) is 4. The highest BCUT2D eigenvalue weighted by molar-refractivity contribution is 9.10. The number of halogens is 1. The van der Waals surface area contributed by atoms with Crippen LogP contribution in [0.3, 0.4) is 0 Å². The van der Waals surface area contributed by atoms with Crippen molar-refractivity contribution in [3.8, 4) is 0 Å². The molecule has 1 heterocycles. The molecule has 0 aliphatic carbocycles. The number of nitrogens with two attached hydrogens (primary N) is 1. The van der Waals surface area contributed by atoms with Crippen LogP contribution in [0.15, 0.2) is 22.7 Å². The normalized spacial score (nSPS) is 10.8. The number of nitrogens with one attached hydrogen (secondary N) is 2. The summed E-state index contributed by atoms with van der Waals surface area (Å²) in [6.07, 6.45) is 0.900. The highest BCUT2D eigenvalue weighted by Crippen LogP contribution is 2.37. The third-order valence-electron chi connectivity index (χ3n) is 2.80. The molecule has 1 amide bonds. The number of anilines is 1. The minimum Gasteiger partial charge on any atom is -0.397 e. The zero-order chi connectivity index (χ0) is 13.8. The van der Waals surface area contributed by atoms with Crippen LogP contribution in [-0.2, 0) is 0 Å². The van der Waals surface area contributed by atoms with Crippen molar-refractivity contribution in [1.82, 2.24) is 10.6 Å². The number of carbonyl (C=O) groups is 1. The van der Waals surface area contributed by atoms with E-state index in [-0.39, 0.29) is 5.91 Å². The van der Waals surface area contributed by atoms with Gasteiger partial charge in [-0.25, -0.2) is 0 Å². The summed E-state index contributed by atoms with van der Waals surface area (Å²) in [7, 11) is 1.89. The fraction of sp³-hybridized carbons (Fsp3) is 0.308. The molecule has 4 N–H and O–H groups in total. The lowest BCUT2D eigenvalue weighted by molar-refractivity contribution is 0.0958. The first-order valence-electron chi connectivity index (χ1n) is 6.04. The third-order valence-corrected chi connectivity index (χ3v) is 4.63. The summed E-state index contributed by atoms with van der Waals surface area (Å²) in [6.45, 7) is 1.53. The number of nitrogen functional groups attached to an aromatic ring is 1. The second kappa shape index (κ2) is 6.36. The van der Waals surface area contributed by atoms with Gasteiger partial charge >= 0.3 is 0 Å². The number of fused-ring (bicyclic) bond motifs is 1. The van der Waals surface area contributed by atoms with E-state index in [1.807, 2.05) is 25.2 Å². The monoisotopic (exact) mass is 341 g/mol. The van der Waals surface area contributed by atoms with Crippen molar-refractivity contribution in [2.75, 3.05) is 25.9 Å². The molecule has 0 aliphatic rings. The standard InChI is InChI=1S/C13H16BrN3OS/c1-16-6-3-7-17-13(18)12-11(15)10-8(14)4-2-5-9(10)19-12/h2,4-5,16H,3,6-7,15H2,1H3,(H,17,18). The number of amides is 1. The zero-order valence-electron chi connectivity index (χ0n) is 10.6. The van der Waals surface area contributed by atoms with Gasteiger partial charge in [0.25, 0.3) is 5.91 Å². The molecule has 1 aromatic carbocycles. The number of hydrogen-bond donors (Lipinski definition) is 3. The van der Waals surface area contributed by atoms with Gasteiger partial charge in [-0.2, -0.15) is 0 Å². The summed E-state index contributed by atoms with van der Waals surface area (Å²) < 4.78 is 1.94. The molecule has 0 fully saturated rings. The molecule has 2 rings (SSSR count). The minimum atomic E-state index is -0.0956. The molecule has 0 unspecified atom stereocenters. The van der Waals surface area contributed by atoms with Gasteiger partial charge in [0.2, 0.25) is 0 Å². The van der Waals surface area contributed by atoms with Crippen molar-refractivity contribution < 1.29 is 4.79 Å². The molecular weight excluding hydrogens is 326 g/mol. The van der Waals surface area contributed by atoms with Crippen molar-refractivity contribution >= 4 is 48.9 Å². The Bertz CT molecular complexity index is 597. The van der Waals surface area contributed by atoms with E-state index in [2.05, 4.69) is 26.6 Å². The molecule has 19 heavy (non-hydrogen) atoms. The van der Waals surface area contributed by atoms with E-state index in [0.29, 0.717) is 17.1 Å². The largest absolute Gasteiger partial charge is 0.397 e. The van der Waals surface area contributed by atoms with Crippen molar-refractivity contribution in [1.29, 1.82) is 0 Å². The van der Waals surface area contributed by atoms with E-state index in [1.165, 1.54) is 11.3 Å². The summed E-state index contributed by atoms with van der Waals surface area (Å²) in [4.78, 5) is 12.7. The molecular formula is C13H16BrN3OS. The maximum Gasteiger partial charge on any atom is 0.263 e. The summed E-state index contributed by atoms with van der Waals surface area (Å²) in [5, 5.41) is 6.86. The highest BCUT2D eigenvalue weighted by Gasteiger charge is 2.17. The summed E-state index contributed by atoms with van der Waals surface area (Å²) in [5.74, 6) is -0.0956. The van der Waals surface area contributed by atoms with Crippen LogP contribution >= 0.6 is 27.3 Å². The Morgan fingerprint density at radius 1 is 1.42 bits per heavy atom. The quantitative estimate of drug-likeness (QED) is 0.732. The molecule has 0 spiro atoms. The van der Waals surface area contributed by atoms with Crippen LogP contribution in [0.4, 0.5) is 5.69 Å². The molecule has 0 atom stereocenters. The predicted molar refractivity (Wildman–Crippen MR) is 84.8 cm³/mol. The van der Waals surface area contributed by atoms with Crippen molar-refractivity contribution in [2.45, 2.75) is 6.42 Å². The topological polar surface area (TPSA) is 67.1 Å². The molecule has 1 aromatic heterocycles. The van der Waals surface area contributed by atoms with Gasteiger partial charge in [-0.3, -0.25) is 4.79 Å². The van der Waals surface area contributed by atoms with Crippen LogP contribution in [-0.4, -0.2) is 26.0 Å². The van der Waals surface area contributed by atoms with E-state index >= 15 is 0 Å². The lowest BCUT2D eigenvalue weighted by Gasteiger charge is -2.04. The van der Waals surface area contributed by atoms with E-state index in [4.69, 9.17) is 5.73 Å². The Kier molecular flexibility index (Phi) is 4.79. The molecule has 0 saturated heterocycles. The lowest BCUT2D eigenvalue weighted by atomic mass is 10.2. The fourth-order valence-electron chi connectivity index (χ4n) is 1.85. The Hall–Kier alpha value is -1.11. The van der Waals surface area contributed by atoms with Crippen LogP contribution < -0.4 is 16.4 Å². The molecule has 0 bridgehead atoms. The van der Waals surface area contributed by atoms with Crippen LogP contribution in [0.1, 0.15) is 16.1 Å². The van der Waals surface area contributed by atoms with Gasteiger partial charge in [0.05, 0.1) is 5.69 Å². The fourth-order valence-corrected chi connectivity index (χ4v) is 3.62. The van der Waals surface area contributed by atoms with E-state index < -0.39 is 0 Å². The Balaban J connectivity index is 2.18. The highest BCUT2D eigenvalue weighted by atomic mass is 79.9. The SMILES string of the molecule is CNCCCNC(=O)c1sc2cccc(Br)c2c1N. The number of carbonyl (C=O) groups excluding carboxylic acids is 1. The Morgan fingerprint density at radius 3 is 2.89 bits per heavy atom. The maximum absolute atomic E-state index is 12.1. The molecule has 2 aromatic rings. The summed E-state index contributed by atoms with van der Waals surface area (Å²) in [6, 6.07) is 5.84. The molecule has 102 valence electrons. The average molecular weight is 342 g/mol. The number of thiophene rings is 1. The average Bonchev–Trinajstić information content (AvgIpc) is 2.73. The molecule has 4 nitrogen and oxygen atoms in total. The zero-order valence-corrected chi connectivity index (χ0v) is 13.0.